The van der Waals surface area contributed by atoms with Crippen LogP contribution in [0.15, 0.2) is 22.7 Å². The number of rotatable bonds is 4. The number of benzene rings is 1. The lowest BCUT2D eigenvalue weighted by Crippen LogP contribution is -2.42. The summed E-state index contributed by atoms with van der Waals surface area (Å²) in [5.41, 5.74) is 5.82. The van der Waals surface area contributed by atoms with Crippen molar-refractivity contribution >= 4 is 37.5 Å². The second kappa shape index (κ2) is 5.55. The minimum Gasteiger partial charge on any atom is -0.397 e. The largest absolute Gasteiger partial charge is 0.402 e. The molecule has 0 unspecified atom stereocenters. The average molecular weight is 362 g/mol. The standard InChI is InChI=1S/C9H11BrF3N3O2S/c1-16(8-3-2-6(10)4-7(8)14)19(17,18)15-5-9(11,12)13/h2-4,15H,5,14H2,1H3. The monoisotopic (exact) mass is 361 g/mol. The smallest absolute Gasteiger partial charge is 0.397 e. The quantitative estimate of drug-likeness (QED) is 0.803. The summed E-state index contributed by atoms with van der Waals surface area (Å²) < 4.78 is 62.1. The number of hydrogen-bond acceptors (Lipinski definition) is 3. The lowest BCUT2D eigenvalue weighted by Gasteiger charge is -2.21. The van der Waals surface area contributed by atoms with Crippen LogP contribution < -0.4 is 14.8 Å². The maximum atomic E-state index is 12.0. The molecule has 5 nitrogen and oxygen atoms in total. The van der Waals surface area contributed by atoms with Crippen LogP contribution in [0.2, 0.25) is 0 Å². The van der Waals surface area contributed by atoms with E-state index in [4.69, 9.17) is 5.73 Å². The highest BCUT2D eigenvalue weighted by Gasteiger charge is 2.31. The van der Waals surface area contributed by atoms with Gasteiger partial charge in [-0.3, -0.25) is 4.31 Å². The number of hydrogen-bond donors (Lipinski definition) is 2. The van der Waals surface area contributed by atoms with Crippen molar-refractivity contribution in [2.24, 2.45) is 0 Å². The van der Waals surface area contributed by atoms with E-state index in [-0.39, 0.29) is 11.4 Å². The fraction of sp³-hybridized carbons (Fsp3) is 0.333. The first-order valence-corrected chi connectivity index (χ1v) is 7.11. The molecule has 0 radical (unpaired) electrons. The molecule has 3 N–H and O–H groups in total. The lowest BCUT2D eigenvalue weighted by atomic mass is 10.3. The van der Waals surface area contributed by atoms with E-state index in [1.807, 2.05) is 0 Å². The molecule has 0 spiro atoms. The summed E-state index contributed by atoms with van der Waals surface area (Å²) in [7, 11) is -3.20. The molecule has 108 valence electrons. The Bertz CT molecular complexity index is 562. The molecule has 0 aromatic heterocycles. The van der Waals surface area contributed by atoms with Gasteiger partial charge in [-0.15, -0.1) is 0 Å². The fourth-order valence-corrected chi connectivity index (χ4v) is 2.56. The lowest BCUT2D eigenvalue weighted by molar-refractivity contribution is -0.121. The van der Waals surface area contributed by atoms with Gasteiger partial charge in [-0.05, 0) is 18.2 Å². The Kier molecular flexibility index (Phi) is 4.69. The van der Waals surface area contributed by atoms with Gasteiger partial charge in [0.15, 0.2) is 0 Å². The number of nitrogens with zero attached hydrogens (tertiary/aromatic N) is 1. The number of anilines is 2. The van der Waals surface area contributed by atoms with E-state index in [9.17, 15) is 21.6 Å². The molecule has 0 atom stereocenters. The third kappa shape index (κ3) is 4.55. The second-order valence-corrected chi connectivity index (χ2v) is 6.31. The van der Waals surface area contributed by atoms with Gasteiger partial charge in [0.25, 0.3) is 0 Å². The Morgan fingerprint density at radius 3 is 2.47 bits per heavy atom. The van der Waals surface area contributed by atoms with E-state index in [0.717, 1.165) is 7.05 Å². The van der Waals surface area contributed by atoms with Gasteiger partial charge in [0.1, 0.15) is 6.54 Å². The molecule has 10 heteroatoms. The Morgan fingerprint density at radius 1 is 1.42 bits per heavy atom. The highest BCUT2D eigenvalue weighted by molar-refractivity contribution is 9.10. The first-order valence-electron chi connectivity index (χ1n) is 4.88. The summed E-state index contributed by atoms with van der Waals surface area (Å²) >= 11 is 3.14. The van der Waals surface area contributed by atoms with E-state index in [0.29, 0.717) is 8.78 Å². The number of nitrogens with two attached hydrogens (primary N) is 1. The number of halogens is 4. The molecule has 0 saturated carbocycles. The van der Waals surface area contributed by atoms with E-state index >= 15 is 0 Å². The molecule has 0 aliphatic rings. The van der Waals surface area contributed by atoms with Crippen LogP contribution in [0.1, 0.15) is 0 Å². The minimum absolute atomic E-state index is 0.0814. The van der Waals surface area contributed by atoms with Crippen molar-refractivity contribution in [2.75, 3.05) is 23.6 Å². The summed E-state index contributed by atoms with van der Waals surface area (Å²) in [4.78, 5) is 0. The predicted molar refractivity (Wildman–Crippen MR) is 69.9 cm³/mol. The topological polar surface area (TPSA) is 75.4 Å². The molecular weight excluding hydrogens is 351 g/mol. The summed E-state index contributed by atoms with van der Waals surface area (Å²) in [6.07, 6.45) is -4.63. The predicted octanol–water partition coefficient (Wildman–Crippen LogP) is 1.86. The van der Waals surface area contributed by atoms with Crippen molar-refractivity contribution in [1.29, 1.82) is 0 Å². The van der Waals surface area contributed by atoms with Gasteiger partial charge in [0, 0.05) is 11.5 Å². The Morgan fingerprint density at radius 2 is 2.00 bits per heavy atom. The van der Waals surface area contributed by atoms with Crippen LogP contribution in [-0.2, 0) is 10.2 Å². The first kappa shape index (κ1) is 16.1. The van der Waals surface area contributed by atoms with Crippen molar-refractivity contribution in [3.05, 3.63) is 22.7 Å². The maximum absolute atomic E-state index is 12.0. The van der Waals surface area contributed by atoms with E-state index in [2.05, 4.69) is 15.9 Å². The van der Waals surface area contributed by atoms with Gasteiger partial charge >= 0.3 is 16.4 Å². The van der Waals surface area contributed by atoms with E-state index in [1.54, 1.807) is 0 Å². The number of alkyl halides is 3. The molecule has 0 fully saturated rings. The minimum atomic E-state index is -4.63. The SMILES string of the molecule is CN(c1ccc(Br)cc1N)S(=O)(=O)NCC(F)(F)F. The molecule has 1 aromatic rings. The molecule has 0 amide bonds. The zero-order chi connectivity index (χ0) is 14.8. The van der Waals surface area contributed by atoms with Gasteiger partial charge in [-0.25, -0.2) is 0 Å². The zero-order valence-electron chi connectivity index (χ0n) is 9.70. The Hall–Kier alpha value is -1.00. The summed E-state index contributed by atoms with van der Waals surface area (Å²) in [6.45, 7) is -1.64. The normalized spacial score (nSPS) is 12.5. The molecule has 0 saturated heterocycles. The molecule has 0 aliphatic carbocycles. The molecule has 0 heterocycles. The number of nitrogens with one attached hydrogen (secondary N) is 1. The highest BCUT2D eigenvalue weighted by atomic mass is 79.9. The van der Waals surface area contributed by atoms with Crippen molar-refractivity contribution in [2.45, 2.75) is 6.18 Å². The van der Waals surface area contributed by atoms with Crippen LogP contribution in [0, 0.1) is 0 Å². The summed E-state index contributed by atoms with van der Waals surface area (Å²) in [5, 5.41) is 0. The van der Waals surface area contributed by atoms with Crippen LogP contribution in [0.25, 0.3) is 0 Å². The third-order valence-electron chi connectivity index (χ3n) is 2.14. The van der Waals surface area contributed by atoms with Gasteiger partial charge in [-0.2, -0.15) is 26.3 Å². The molecule has 0 aliphatic heterocycles. The second-order valence-electron chi connectivity index (χ2n) is 3.61. The van der Waals surface area contributed by atoms with Crippen LogP contribution >= 0.6 is 15.9 Å². The van der Waals surface area contributed by atoms with Crippen LogP contribution in [0.4, 0.5) is 24.5 Å². The van der Waals surface area contributed by atoms with Gasteiger partial charge in [0.05, 0.1) is 11.4 Å². The van der Waals surface area contributed by atoms with Crippen molar-refractivity contribution in [1.82, 2.24) is 4.72 Å². The summed E-state index contributed by atoms with van der Waals surface area (Å²) in [5.74, 6) is 0. The van der Waals surface area contributed by atoms with Gasteiger partial charge in [-0.1, -0.05) is 15.9 Å². The van der Waals surface area contributed by atoms with Gasteiger partial charge < -0.3 is 5.73 Å². The van der Waals surface area contributed by atoms with Gasteiger partial charge in [0.2, 0.25) is 0 Å². The molecule has 19 heavy (non-hydrogen) atoms. The summed E-state index contributed by atoms with van der Waals surface area (Å²) in [6, 6.07) is 4.36. The Labute approximate surface area is 116 Å². The van der Waals surface area contributed by atoms with Crippen molar-refractivity contribution < 1.29 is 21.6 Å². The molecular formula is C9H11BrF3N3O2S. The first-order chi connectivity index (χ1) is 8.53. The molecule has 1 aromatic carbocycles. The van der Waals surface area contributed by atoms with E-state index in [1.165, 1.54) is 22.9 Å². The Balaban J connectivity index is 2.95. The highest BCUT2D eigenvalue weighted by Crippen LogP contribution is 2.27. The molecule has 0 bridgehead atoms. The zero-order valence-corrected chi connectivity index (χ0v) is 12.1. The average Bonchev–Trinajstić information content (AvgIpc) is 2.25. The third-order valence-corrected chi connectivity index (χ3v) is 4.06. The van der Waals surface area contributed by atoms with Crippen molar-refractivity contribution in [3.8, 4) is 0 Å². The van der Waals surface area contributed by atoms with Crippen LogP contribution in [0.5, 0.6) is 0 Å². The van der Waals surface area contributed by atoms with Crippen LogP contribution in [-0.4, -0.2) is 28.2 Å². The van der Waals surface area contributed by atoms with Crippen molar-refractivity contribution in [3.63, 3.8) is 0 Å². The maximum Gasteiger partial charge on any atom is 0.402 e. The van der Waals surface area contributed by atoms with Crippen LogP contribution in [0.3, 0.4) is 0 Å². The van der Waals surface area contributed by atoms with E-state index < -0.39 is 22.9 Å². The molecule has 1 rings (SSSR count). The number of nitrogen functional groups attached to an aromatic ring is 1. The fourth-order valence-electron chi connectivity index (χ4n) is 1.21.